The lowest BCUT2D eigenvalue weighted by Crippen LogP contribution is -2.50. The number of fused-ring (bicyclic) bond motifs is 7. The van der Waals surface area contributed by atoms with Crippen LogP contribution in [0.3, 0.4) is 0 Å². The Bertz CT molecular complexity index is 3470. The first-order valence-electron chi connectivity index (χ1n) is 24.0. The Kier molecular flexibility index (Phi) is 15.0. The van der Waals surface area contributed by atoms with E-state index in [1.807, 2.05) is 33.9 Å². The van der Waals surface area contributed by atoms with Gasteiger partial charge in [0.15, 0.2) is 55.1 Å². The fourth-order valence-electron chi connectivity index (χ4n) is 8.64. The van der Waals surface area contributed by atoms with Gasteiger partial charge in [0.25, 0.3) is 11.6 Å². The summed E-state index contributed by atoms with van der Waals surface area (Å²) in [6, 6.07) is 14.3. The zero-order valence-corrected chi connectivity index (χ0v) is 44.6. The van der Waals surface area contributed by atoms with Gasteiger partial charge < -0.3 is 33.7 Å². The molecule has 27 nitrogen and oxygen atoms in total. The molecule has 2 unspecified atom stereocenters. The number of halogens is 1. The van der Waals surface area contributed by atoms with E-state index >= 15 is 8.96 Å². The maximum atomic E-state index is 17.1. The van der Waals surface area contributed by atoms with Crippen LogP contribution in [-0.4, -0.2) is 137 Å². The maximum absolute atomic E-state index is 17.1. The molecular formula is C46H51FN12O15P2Si. The van der Waals surface area contributed by atoms with Gasteiger partial charge in [-0.15, -0.1) is 0 Å². The van der Waals surface area contributed by atoms with Crippen molar-refractivity contribution in [3.63, 3.8) is 0 Å². The van der Waals surface area contributed by atoms with E-state index in [9.17, 15) is 24.4 Å². The van der Waals surface area contributed by atoms with Crippen LogP contribution in [0, 0.1) is 16.7 Å². The van der Waals surface area contributed by atoms with Gasteiger partial charge in [0.2, 0.25) is 18.2 Å². The third-order valence-electron chi connectivity index (χ3n) is 13.5. The Morgan fingerprint density at radius 3 is 2.42 bits per heavy atom. The largest absolute Gasteiger partial charge is 0.476 e. The van der Waals surface area contributed by atoms with Gasteiger partial charge in [-0.25, -0.2) is 45.0 Å². The number of ether oxygens (including phenoxy) is 3. The second-order valence-corrected chi connectivity index (χ2v) is 27.3. The minimum absolute atomic E-state index is 0.00473. The molecule has 3 aliphatic heterocycles. The molecule has 8 heterocycles. The van der Waals surface area contributed by atoms with Crippen molar-refractivity contribution in [3.05, 3.63) is 119 Å². The molecule has 0 spiro atoms. The van der Waals surface area contributed by atoms with Gasteiger partial charge in [-0.05, 0) is 35.8 Å². The number of nitrogens with one attached hydrogen (secondary N) is 1. The maximum Gasteiger partial charge on any atom is 0.475 e. The summed E-state index contributed by atoms with van der Waals surface area (Å²) in [6.45, 7) is 15.0. The number of nitro groups is 1. The lowest BCUT2D eigenvalue weighted by molar-refractivity contribution is -0.384. The average molecular weight is 1120 g/mol. The van der Waals surface area contributed by atoms with Gasteiger partial charge in [0.1, 0.15) is 43.5 Å². The molecule has 5 aromatic heterocycles. The highest BCUT2D eigenvalue weighted by atomic mass is 31.2. The summed E-state index contributed by atoms with van der Waals surface area (Å²) in [5, 5.41) is 13.4. The number of benzene rings is 2. The van der Waals surface area contributed by atoms with E-state index in [4.69, 9.17) is 47.8 Å². The summed E-state index contributed by atoms with van der Waals surface area (Å²) in [6.07, 6.45) is -5.93. The SMILES string of the molecule is [C-]#[N+]CCOP1(=O)OC[C@H]2O[C@@H](n3cnc4c(NC(=O)c5ccccc5)ncnc43)[C@H](F)[C@@H]2OP(=O)(O)OC[C@H]2O[C@@H](n3cnc4c(OCCc5ccc([N+](=O)[O-])cc5)nc5nccn5c43)[C@H](O1)[C@@H]2O[Si](C)(C)C(C)(C)C. The van der Waals surface area contributed by atoms with Gasteiger partial charge in [-0.2, -0.15) is 4.98 Å². The highest BCUT2D eigenvalue weighted by Gasteiger charge is 2.57. The monoisotopic (exact) mass is 1120 g/mol. The van der Waals surface area contributed by atoms with Gasteiger partial charge in [0.05, 0.1) is 37.4 Å². The topological polar surface area (TPSA) is 306 Å². The molecule has 2 N–H and O–H groups in total. The number of rotatable bonds is 14. The minimum Gasteiger partial charge on any atom is -0.476 e. The van der Waals surface area contributed by atoms with Crippen molar-refractivity contribution < 1.29 is 69.4 Å². The number of alkyl halides is 1. The Labute approximate surface area is 438 Å². The molecule has 3 saturated heterocycles. The first kappa shape index (κ1) is 53.9. The number of carbonyl (C=O) groups excluding carboxylic acids is 1. The van der Waals surface area contributed by atoms with E-state index in [1.165, 1.54) is 40.1 Å². The highest BCUT2D eigenvalue weighted by molar-refractivity contribution is 7.48. The number of phosphoric ester groups is 2. The number of imidazole rings is 3. The predicted octanol–water partition coefficient (Wildman–Crippen LogP) is 7.19. The van der Waals surface area contributed by atoms with Crippen molar-refractivity contribution in [1.29, 1.82) is 0 Å². The van der Waals surface area contributed by atoms with Crippen LogP contribution in [0.5, 0.6) is 5.88 Å². The number of nitro benzene ring substituents is 1. The Hall–Kier alpha value is -6.51. The van der Waals surface area contributed by atoms with Gasteiger partial charge in [-0.3, -0.25) is 51.1 Å². The van der Waals surface area contributed by atoms with Crippen LogP contribution in [0.2, 0.25) is 18.1 Å². The van der Waals surface area contributed by atoms with Crippen molar-refractivity contribution in [2.75, 3.05) is 38.3 Å². The molecule has 406 valence electrons. The van der Waals surface area contributed by atoms with E-state index in [0.29, 0.717) is 12.0 Å². The summed E-state index contributed by atoms with van der Waals surface area (Å²) >= 11 is 0. The number of hydrogen-bond acceptors (Lipinski definition) is 20. The van der Waals surface area contributed by atoms with Crippen molar-refractivity contribution >= 4 is 69.5 Å². The second-order valence-electron chi connectivity index (χ2n) is 19.5. The lowest BCUT2D eigenvalue weighted by Gasteiger charge is -2.40. The molecule has 3 aliphatic rings. The van der Waals surface area contributed by atoms with Crippen LogP contribution in [0.15, 0.2) is 86.0 Å². The summed E-state index contributed by atoms with van der Waals surface area (Å²) < 4.78 is 107. The summed E-state index contributed by atoms with van der Waals surface area (Å²) in [5.41, 5.74) is 1.57. The van der Waals surface area contributed by atoms with Gasteiger partial charge in [0, 0.05) is 36.5 Å². The Morgan fingerprint density at radius 1 is 0.948 bits per heavy atom. The molecule has 7 aromatic rings. The lowest BCUT2D eigenvalue weighted by atomic mass is 10.1. The zero-order chi connectivity index (χ0) is 54.4. The molecule has 0 aliphatic carbocycles. The fourth-order valence-corrected chi connectivity index (χ4v) is 12.3. The molecule has 10 atom stereocenters. The van der Waals surface area contributed by atoms with Crippen LogP contribution in [0.1, 0.15) is 49.1 Å². The third kappa shape index (κ3) is 11.0. The highest BCUT2D eigenvalue weighted by Crippen LogP contribution is 2.58. The molecule has 0 radical (unpaired) electrons. The van der Waals surface area contributed by atoms with Gasteiger partial charge in [-0.1, -0.05) is 51.1 Å². The molecule has 3 fully saturated rings. The number of aromatic nitrogens is 9. The second kappa shape index (κ2) is 21.4. The molecule has 0 saturated carbocycles. The van der Waals surface area contributed by atoms with Crippen LogP contribution < -0.4 is 10.1 Å². The van der Waals surface area contributed by atoms with Crippen molar-refractivity contribution in [2.45, 2.75) is 94.5 Å². The van der Waals surface area contributed by atoms with E-state index in [-0.39, 0.29) is 58.6 Å². The number of phosphoric acid groups is 2. The molecule has 2 bridgehead atoms. The van der Waals surface area contributed by atoms with E-state index in [0.717, 1.165) is 11.9 Å². The van der Waals surface area contributed by atoms with Crippen molar-refractivity contribution in [3.8, 4) is 5.88 Å². The molecule has 10 rings (SSSR count). The summed E-state index contributed by atoms with van der Waals surface area (Å²) in [7, 11) is -13.2. The molecular weight excluding hydrogens is 1070 g/mol. The number of carbonyl (C=O) groups is 1. The van der Waals surface area contributed by atoms with Crippen LogP contribution in [0.4, 0.5) is 15.9 Å². The van der Waals surface area contributed by atoms with Crippen LogP contribution >= 0.6 is 15.6 Å². The molecule has 77 heavy (non-hydrogen) atoms. The Balaban J connectivity index is 0.998. The smallest absolute Gasteiger partial charge is 0.475 e. The standard InChI is InChI=1S/C46H51FN12O15P2Si/c1-46(2,3)77(5,6)74-36-31-22-68-75(63,64)72-35-30(70-43(32(35)47)57-25-52-33-38(50-24-51-39(33)57)54-40(60)28-10-8-7-9-11-28)23-69-76(65,67-21-18-48-4)73-37(36)44(71-31)58-26-53-34-41(55-45-49-17-19-56(45)42(34)58)66-20-16-27-12-14-29(15-13-27)59(61)62/h7-15,17,19,24-26,30-32,35-37,43-44H,16,18,20-23H2,1-3,5-6H3,(H,63,64)(H,50,51,54,60)/t30-,31-,32-,35-,36-,37-,43-,44-,76?/m1/s1. The number of hydrogen-bond donors (Lipinski definition) is 2. The van der Waals surface area contributed by atoms with E-state index in [2.05, 4.69) is 40.1 Å². The predicted molar refractivity (Wildman–Crippen MR) is 270 cm³/mol. The normalized spacial score (nSPS) is 27.1. The number of anilines is 1. The summed E-state index contributed by atoms with van der Waals surface area (Å²) in [4.78, 5) is 65.0. The average Bonchev–Trinajstić information content (AvgIpc) is 4.39. The van der Waals surface area contributed by atoms with Crippen molar-refractivity contribution in [2.24, 2.45) is 0 Å². The number of non-ortho nitro benzene ring substituents is 1. The summed E-state index contributed by atoms with van der Waals surface area (Å²) in [5.74, 6) is -0.282. The first-order chi connectivity index (χ1) is 36.7. The fraction of sp³-hybridized carbons (Fsp3) is 0.435. The van der Waals surface area contributed by atoms with E-state index < -0.39 is 109 Å². The number of amides is 1. The minimum atomic E-state index is -5.31. The van der Waals surface area contributed by atoms with Gasteiger partial charge >= 0.3 is 15.6 Å². The third-order valence-corrected chi connectivity index (χ3v) is 20.4. The molecule has 2 aromatic carbocycles. The quantitative estimate of drug-likeness (QED) is 0.0272. The van der Waals surface area contributed by atoms with Crippen molar-refractivity contribution in [1.82, 2.24) is 43.4 Å². The molecule has 31 heteroatoms. The molecule has 1 amide bonds. The van der Waals surface area contributed by atoms with Crippen LogP contribution in [-0.2, 0) is 52.1 Å². The van der Waals surface area contributed by atoms with E-state index in [1.54, 1.807) is 53.1 Å². The first-order valence-corrected chi connectivity index (χ1v) is 29.9. The number of nitrogens with zero attached hydrogens (tertiary/aromatic N) is 11. The zero-order valence-electron chi connectivity index (χ0n) is 41.8. The Morgan fingerprint density at radius 2 is 1.68 bits per heavy atom. The van der Waals surface area contributed by atoms with Crippen LogP contribution in [0.25, 0.3) is 33.0 Å².